The maximum atomic E-state index is 12.3. The van der Waals surface area contributed by atoms with Crippen LogP contribution in [0.2, 0.25) is 0 Å². The van der Waals surface area contributed by atoms with E-state index in [0.29, 0.717) is 17.7 Å². The Morgan fingerprint density at radius 3 is 2.83 bits per heavy atom. The largest absolute Gasteiger partial charge is 0.342 e. The van der Waals surface area contributed by atoms with Crippen LogP contribution in [0.3, 0.4) is 0 Å². The molecule has 1 saturated heterocycles. The van der Waals surface area contributed by atoms with Crippen LogP contribution in [-0.4, -0.2) is 28.9 Å². The monoisotopic (exact) mass is 264 g/mol. The zero-order valence-electron chi connectivity index (χ0n) is 10.9. The highest BCUT2D eigenvalue weighted by Gasteiger charge is 2.33. The van der Waals surface area contributed by atoms with Gasteiger partial charge in [0.15, 0.2) is 0 Å². The maximum Gasteiger partial charge on any atom is 0.225 e. The summed E-state index contributed by atoms with van der Waals surface area (Å²) in [4.78, 5) is 19.0. The Bertz CT molecular complexity index is 439. The first-order chi connectivity index (χ1) is 8.74. The van der Waals surface area contributed by atoms with Gasteiger partial charge < -0.3 is 4.90 Å². The summed E-state index contributed by atoms with van der Waals surface area (Å²) in [6.45, 7) is 3.89. The number of rotatable bonds is 2. The van der Waals surface area contributed by atoms with Crippen molar-refractivity contribution in [2.24, 2.45) is 5.92 Å². The molecule has 3 rings (SSSR count). The van der Waals surface area contributed by atoms with Gasteiger partial charge >= 0.3 is 0 Å². The van der Waals surface area contributed by atoms with Crippen LogP contribution in [-0.2, 0) is 4.79 Å². The predicted molar refractivity (Wildman–Crippen MR) is 72.7 cm³/mol. The molecule has 2 aliphatic rings. The molecule has 0 aromatic carbocycles. The predicted octanol–water partition coefficient (Wildman–Crippen LogP) is 2.96. The summed E-state index contributed by atoms with van der Waals surface area (Å²) < 4.78 is 0. The number of hydrogen-bond acceptors (Lipinski definition) is 3. The minimum Gasteiger partial charge on any atom is -0.342 e. The highest BCUT2D eigenvalue weighted by molar-refractivity contribution is 7.09. The van der Waals surface area contributed by atoms with E-state index >= 15 is 0 Å². The molecule has 1 amide bonds. The number of carbonyl (C=O) groups excluding carboxylic acids is 1. The molecule has 1 aliphatic heterocycles. The second kappa shape index (κ2) is 5.00. The van der Waals surface area contributed by atoms with Crippen molar-refractivity contribution in [2.75, 3.05) is 13.1 Å². The molecule has 1 aromatic heterocycles. The van der Waals surface area contributed by atoms with Crippen molar-refractivity contribution in [1.29, 1.82) is 0 Å². The second-order valence-corrected chi connectivity index (χ2v) is 6.47. The number of hydrogen-bond donors (Lipinski definition) is 0. The Morgan fingerprint density at radius 1 is 1.39 bits per heavy atom. The normalized spacial score (nSPS) is 24.9. The third-order valence-corrected chi connectivity index (χ3v) is 5.30. The van der Waals surface area contributed by atoms with Crippen molar-refractivity contribution < 1.29 is 4.79 Å². The summed E-state index contributed by atoms with van der Waals surface area (Å²) in [6.07, 6.45) is 5.76. The molecule has 0 radical (unpaired) electrons. The minimum atomic E-state index is 0.335. The van der Waals surface area contributed by atoms with E-state index in [1.165, 1.54) is 17.8 Å². The van der Waals surface area contributed by atoms with E-state index in [0.717, 1.165) is 38.0 Å². The summed E-state index contributed by atoms with van der Waals surface area (Å²) in [5, 5.41) is 3.33. The van der Waals surface area contributed by atoms with Crippen LogP contribution in [0.25, 0.3) is 0 Å². The van der Waals surface area contributed by atoms with Crippen LogP contribution in [0.5, 0.6) is 0 Å². The SMILES string of the molecule is Cc1csc([C@H]2CCCN(C(=O)C3CCC3)C2)n1. The van der Waals surface area contributed by atoms with Gasteiger partial charge in [0.25, 0.3) is 0 Å². The molecule has 1 atom stereocenters. The quantitative estimate of drug-likeness (QED) is 0.823. The first-order valence-electron chi connectivity index (χ1n) is 6.95. The molecule has 98 valence electrons. The number of likely N-dealkylation sites (tertiary alicyclic amines) is 1. The fourth-order valence-corrected chi connectivity index (χ4v) is 3.78. The molecule has 0 spiro atoms. The van der Waals surface area contributed by atoms with Crippen molar-refractivity contribution in [3.8, 4) is 0 Å². The summed E-state index contributed by atoms with van der Waals surface area (Å²) in [6, 6.07) is 0. The Balaban J connectivity index is 1.66. The molecule has 0 bridgehead atoms. The molecule has 18 heavy (non-hydrogen) atoms. The summed E-state index contributed by atoms with van der Waals surface area (Å²) >= 11 is 1.75. The first kappa shape index (κ1) is 12.2. The zero-order chi connectivity index (χ0) is 12.5. The van der Waals surface area contributed by atoms with Crippen molar-refractivity contribution >= 4 is 17.2 Å². The number of aromatic nitrogens is 1. The standard InChI is InChI=1S/C14H20N2OS/c1-10-9-18-13(15-10)12-6-3-7-16(8-12)14(17)11-4-2-5-11/h9,11-12H,2-8H2,1H3/t12-/m0/s1. The lowest BCUT2D eigenvalue weighted by Crippen LogP contribution is -2.44. The van der Waals surface area contributed by atoms with Gasteiger partial charge in [0.2, 0.25) is 5.91 Å². The lowest BCUT2D eigenvalue weighted by Gasteiger charge is -2.36. The first-order valence-corrected chi connectivity index (χ1v) is 7.83. The molecule has 2 heterocycles. The third-order valence-electron chi connectivity index (χ3n) is 4.17. The molecule has 0 N–H and O–H groups in total. The Kier molecular flexibility index (Phi) is 3.37. The van der Waals surface area contributed by atoms with Gasteiger partial charge in [0.1, 0.15) is 0 Å². The van der Waals surface area contributed by atoms with E-state index in [9.17, 15) is 4.79 Å². The zero-order valence-corrected chi connectivity index (χ0v) is 11.7. The Labute approximate surface area is 112 Å². The fraction of sp³-hybridized carbons (Fsp3) is 0.714. The lowest BCUT2D eigenvalue weighted by molar-refractivity contribution is -0.139. The van der Waals surface area contributed by atoms with E-state index < -0.39 is 0 Å². The Morgan fingerprint density at radius 2 is 2.22 bits per heavy atom. The van der Waals surface area contributed by atoms with Crippen LogP contribution in [0.15, 0.2) is 5.38 Å². The third kappa shape index (κ3) is 2.30. The van der Waals surface area contributed by atoms with Gasteiger partial charge in [-0.05, 0) is 32.6 Å². The second-order valence-electron chi connectivity index (χ2n) is 5.58. The molecule has 4 heteroatoms. The molecule has 1 aromatic rings. The molecule has 1 saturated carbocycles. The van der Waals surface area contributed by atoms with Crippen LogP contribution < -0.4 is 0 Å². The Hall–Kier alpha value is -0.900. The van der Waals surface area contributed by atoms with E-state index in [1.54, 1.807) is 11.3 Å². The van der Waals surface area contributed by atoms with Gasteiger partial charge in [-0.15, -0.1) is 11.3 Å². The average Bonchev–Trinajstić information content (AvgIpc) is 2.74. The number of aryl methyl sites for hydroxylation is 1. The molecule has 0 unspecified atom stereocenters. The van der Waals surface area contributed by atoms with Gasteiger partial charge in [-0.1, -0.05) is 6.42 Å². The van der Waals surface area contributed by atoms with Crippen molar-refractivity contribution in [3.63, 3.8) is 0 Å². The van der Waals surface area contributed by atoms with Crippen LogP contribution in [0.1, 0.15) is 48.7 Å². The van der Waals surface area contributed by atoms with Crippen LogP contribution >= 0.6 is 11.3 Å². The van der Waals surface area contributed by atoms with E-state index in [2.05, 4.69) is 15.3 Å². The van der Waals surface area contributed by atoms with Gasteiger partial charge in [0.05, 0.1) is 5.01 Å². The number of amides is 1. The molecule has 1 aliphatic carbocycles. The fourth-order valence-electron chi connectivity index (χ4n) is 2.85. The summed E-state index contributed by atoms with van der Waals surface area (Å²) in [5.41, 5.74) is 1.11. The van der Waals surface area contributed by atoms with Gasteiger partial charge in [-0.25, -0.2) is 4.98 Å². The molecular weight excluding hydrogens is 244 g/mol. The molecule has 2 fully saturated rings. The van der Waals surface area contributed by atoms with E-state index in [1.807, 2.05) is 6.92 Å². The van der Waals surface area contributed by atoms with Crippen LogP contribution in [0.4, 0.5) is 0 Å². The number of carbonyl (C=O) groups is 1. The average molecular weight is 264 g/mol. The van der Waals surface area contributed by atoms with Gasteiger partial charge in [0, 0.05) is 36.0 Å². The number of piperidine rings is 1. The number of thiazole rings is 1. The summed E-state index contributed by atoms with van der Waals surface area (Å²) in [5.74, 6) is 1.21. The molecule has 3 nitrogen and oxygen atoms in total. The van der Waals surface area contributed by atoms with Crippen molar-refractivity contribution in [2.45, 2.75) is 44.9 Å². The van der Waals surface area contributed by atoms with Gasteiger partial charge in [-0.2, -0.15) is 0 Å². The highest BCUT2D eigenvalue weighted by atomic mass is 32.1. The van der Waals surface area contributed by atoms with E-state index in [-0.39, 0.29) is 0 Å². The topological polar surface area (TPSA) is 33.2 Å². The highest BCUT2D eigenvalue weighted by Crippen LogP contribution is 2.33. The van der Waals surface area contributed by atoms with Gasteiger partial charge in [-0.3, -0.25) is 4.79 Å². The smallest absolute Gasteiger partial charge is 0.225 e. The van der Waals surface area contributed by atoms with Crippen molar-refractivity contribution in [3.05, 3.63) is 16.1 Å². The maximum absolute atomic E-state index is 12.3. The van der Waals surface area contributed by atoms with E-state index in [4.69, 9.17) is 0 Å². The molecular formula is C14H20N2OS. The minimum absolute atomic E-state index is 0.335. The lowest BCUT2D eigenvalue weighted by atomic mass is 9.83. The summed E-state index contributed by atoms with van der Waals surface area (Å²) in [7, 11) is 0. The number of nitrogens with zero attached hydrogens (tertiary/aromatic N) is 2. The van der Waals surface area contributed by atoms with Crippen LogP contribution in [0, 0.1) is 12.8 Å². The van der Waals surface area contributed by atoms with Crippen molar-refractivity contribution in [1.82, 2.24) is 9.88 Å².